The van der Waals surface area contributed by atoms with Crippen LogP contribution in [0.15, 0.2) is 59.5 Å². The molecule has 0 aliphatic carbocycles. The highest BCUT2D eigenvalue weighted by atomic mass is 32.2. The molecule has 0 amide bonds. The molecule has 0 N–H and O–H groups in total. The number of alkyl halides is 2. The summed E-state index contributed by atoms with van der Waals surface area (Å²) in [5.74, 6) is 0. The smallest absolute Gasteiger partial charge is 0.179 e. The first kappa shape index (κ1) is 13.4. The van der Waals surface area contributed by atoms with Crippen molar-refractivity contribution in [3.63, 3.8) is 0 Å². The Morgan fingerprint density at radius 1 is 0.833 bits per heavy atom. The van der Waals surface area contributed by atoms with Crippen LogP contribution >= 0.6 is 23.9 Å². The van der Waals surface area contributed by atoms with E-state index >= 15 is 0 Å². The van der Waals surface area contributed by atoms with Crippen molar-refractivity contribution in [2.45, 2.75) is 9.48 Å². The summed E-state index contributed by atoms with van der Waals surface area (Å²) in [4.78, 5) is 0.360. The number of rotatable bonds is 4. The highest BCUT2D eigenvalue weighted by molar-refractivity contribution is 8.15. The monoisotopic (exact) mass is 286 g/mol. The Morgan fingerprint density at radius 2 is 1.44 bits per heavy atom. The molecular weight excluding hydrogens is 277 g/mol. The number of halogens is 3. The minimum atomic E-state index is -3.47. The zero-order valence-electron chi connectivity index (χ0n) is 9.15. The third-order valence-corrected chi connectivity index (χ3v) is 3.72. The first-order valence-corrected chi connectivity index (χ1v) is 6.67. The van der Waals surface area contributed by atoms with Gasteiger partial charge in [0.25, 0.3) is 0 Å². The summed E-state index contributed by atoms with van der Waals surface area (Å²) in [6, 6.07) is 15.9. The van der Waals surface area contributed by atoms with E-state index in [1.807, 2.05) is 30.3 Å². The molecule has 0 atom stereocenters. The van der Waals surface area contributed by atoms with Gasteiger partial charge in [0.05, 0.1) is 0 Å². The molecule has 0 fully saturated rings. The topological polar surface area (TPSA) is 0 Å². The molecule has 0 nitrogen and oxygen atoms in total. The Labute approximate surface area is 112 Å². The maximum atomic E-state index is 13.1. The van der Waals surface area contributed by atoms with Crippen LogP contribution in [-0.4, -0.2) is 4.59 Å². The van der Waals surface area contributed by atoms with Crippen LogP contribution in [0.25, 0.3) is 11.1 Å². The molecule has 0 bridgehead atoms. The lowest BCUT2D eigenvalue weighted by molar-refractivity contribution is 0.208. The van der Waals surface area contributed by atoms with Crippen LogP contribution in [0.3, 0.4) is 0 Å². The maximum Gasteiger partial charge on any atom is 0.375 e. The van der Waals surface area contributed by atoms with Crippen molar-refractivity contribution in [1.29, 1.82) is 0 Å². The van der Waals surface area contributed by atoms with Crippen molar-refractivity contribution < 1.29 is 12.7 Å². The quantitative estimate of drug-likeness (QED) is 0.529. The van der Waals surface area contributed by atoms with Gasteiger partial charge in [-0.2, -0.15) is 12.7 Å². The molecular formula is C13H9F3S2. The van der Waals surface area contributed by atoms with E-state index in [0.717, 1.165) is 5.56 Å². The first-order chi connectivity index (χ1) is 8.62. The molecule has 2 aromatic rings. The summed E-state index contributed by atoms with van der Waals surface area (Å²) in [5.41, 5.74) is 1.51. The highest BCUT2D eigenvalue weighted by Gasteiger charge is 2.33. The van der Waals surface area contributed by atoms with E-state index in [1.54, 1.807) is 24.3 Å². The summed E-state index contributed by atoms with van der Waals surface area (Å²) < 4.78 is 34.8. The van der Waals surface area contributed by atoms with E-state index < -0.39 is 16.7 Å². The zero-order valence-corrected chi connectivity index (χ0v) is 10.8. The van der Waals surface area contributed by atoms with Crippen LogP contribution in [-0.2, 0) is 0 Å². The average molecular weight is 286 g/mol. The molecule has 0 aliphatic heterocycles. The largest absolute Gasteiger partial charge is 0.375 e. The van der Waals surface area contributed by atoms with Gasteiger partial charge in [-0.05, 0) is 29.0 Å². The summed E-state index contributed by atoms with van der Waals surface area (Å²) in [7, 11) is 0. The van der Waals surface area contributed by atoms with E-state index in [2.05, 4.69) is 0 Å². The van der Waals surface area contributed by atoms with Crippen LogP contribution in [0.4, 0.5) is 12.7 Å². The lowest BCUT2D eigenvalue weighted by atomic mass is 10.1. The molecule has 0 saturated heterocycles. The molecule has 0 spiro atoms. The first-order valence-electron chi connectivity index (χ1n) is 5.13. The molecule has 0 aromatic heterocycles. The molecule has 0 heterocycles. The van der Waals surface area contributed by atoms with Gasteiger partial charge >= 0.3 is 4.59 Å². The number of hydrogen-bond donors (Lipinski definition) is 0. The second-order valence-electron chi connectivity index (χ2n) is 3.50. The SMILES string of the molecule is FSC(F)(F)Sc1ccccc1-c1ccccc1. The van der Waals surface area contributed by atoms with Gasteiger partial charge in [-0.15, -0.1) is 0 Å². The average Bonchev–Trinajstić information content (AvgIpc) is 2.40. The van der Waals surface area contributed by atoms with Gasteiger partial charge in [0, 0.05) is 4.90 Å². The molecule has 18 heavy (non-hydrogen) atoms. The molecule has 94 valence electrons. The Kier molecular flexibility index (Phi) is 4.24. The maximum absolute atomic E-state index is 13.1. The third kappa shape index (κ3) is 3.23. The predicted octanol–water partition coefficient (Wildman–Crippen LogP) is 5.61. The van der Waals surface area contributed by atoms with Gasteiger partial charge in [-0.25, -0.2) is 0 Å². The Hall–Kier alpha value is -1.07. The van der Waals surface area contributed by atoms with Crippen LogP contribution in [0.1, 0.15) is 0 Å². The van der Waals surface area contributed by atoms with Gasteiger partial charge in [0.15, 0.2) is 0 Å². The second kappa shape index (κ2) is 5.71. The Bertz CT molecular complexity index is 515. The fourth-order valence-electron chi connectivity index (χ4n) is 1.56. The lowest BCUT2D eigenvalue weighted by Crippen LogP contribution is -2.01. The molecule has 0 saturated carbocycles. The van der Waals surface area contributed by atoms with E-state index in [1.165, 1.54) is 0 Å². The van der Waals surface area contributed by atoms with Crippen LogP contribution in [0, 0.1) is 0 Å². The van der Waals surface area contributed by atoms with Crippen LogP contribution in [0.2, 0.25) is 0 Å². The van der Waals surface area contributed by atoms with E-state index in [4.69, 9.17) is 0 Å². The minimum Gasteiger partial charge on any atom is -0.179 e. The molecule has 0 aliphatic rings. The van der Waals surface area contributed by atoms with Gasteiger partial charge < -0.3 is 0 Å². The van der Waals surface area contributed by atoms with Gasteiger partial charge in [0.2, 0.25) is 0 Å². The van der Waals surface area contributed by atoms with Crippen molar-refractivity contribution in [2.75, 3.05) is 0 Å². The zero-order chi connectivity index (χ0) is 13.0. The molecule has 0 radical (unpaired) electrons. The standard InChI is InChI=1S/C13H9F3S2/c14-13(15,18-16)17-12-9-5-4-8-11(12)10-6-2-1-3-7-10/h1-9H. The normalized spacial score (nSPS) is 11.5. The number of thioether (sulfide) groups is 1. The van der Waals surface area contributed by atoms with Crippen LogP contribution < -0.4 is 0 Å². The number of hydrogen-bond acceptors (Lipinski definition) is 2. The van der Waals surface area contributed by atoms with Crippen molar-refractivity contribution in [2.24, 2.45) is 0 Å². The van der Waals surface area contributed by atoms with Crippen LogP contribution in [0.5, 0.6) is 0 Å². The van der Waals surface area contributed by atoms with E-state index in [0.29, 0.717) is 10.5 Å². The number of benzene rings is 2. The van der Waals surface area contributed by atoms with E-state index in [-0.39, 0.29) is 11.8 Å². The van der Waals surface area contributed by atoms with Crippen molar-refractivity contribution in [3.8, 4) is 11.1 Å². The Balaban J connectivity index is 2.38. The Morgan fingerprint density at radius 3 is 2.11 bits per heavy atom. The second-order valence-corrected chi connectivity index (χ2v) is 5.59. The molecule has 2 rings (SSSR count). The summed E-state index contributed by atoms with van der Waals surface area (Å²) in [6.07, 6.45) is 0. The predicted molar refractivity (Wildman–Crippen MR) is 71.4 cm³/mol. The molecule has 0 unspecified atom stereocenters. The fraction of sp³-hybridized carbons (Fsp3) is 0.0769. The fourth-order valence-corrected chi connectivity index (χ4v) is 2.65. The summed E-state index contributed by atoms with van der Waals surface area (Å²) >= 11 is -0.723. The van der Waals surface area contributed by atoms with Gasteiger partial charge in [0.1, 0.15) is 12.1 Å². The molecule has 5 heteroatoms. The van der Waals surface area contributed by atoms with Gasteiger partial charge in [-0.1, -0.05) is 48.5 Å². The van der Waals surface area contributed by atoms with Crippen molar-refractivity contribution >= 4 is 23.9 Å². The van der Waals surface area contributed by atoms with Crippen molar-refractivity contribution in [3.05, 3.63) is 54.6 Å². The minimum absolute atomic E-state index is 0.222. The van der Waals surface area contributed by atoms with Crippen molar-refractivity contribution in [1.82, 2.24) is 0 Å². The van der Waals surface area contributed by atoms with Gasteiger partial charge in [-0.3, -0.25) is 0 Å². The lowest BCUT2D eigenvalue weighted by Gasteiger charge is -2.13. The summed E-state index contributed by atoms with van der Waals surface area (Å²) in [5, 5.41) is 0. The molecule has 2 aromatic carbocycles. The highest BCUT2D eigenvalue weighted by Crippen LogP contribution is 2.47. The third-order valence-electron chi connectivity index (χ3n) is 2.29. The summed E-state index contributed by atoms with van der Waals surface area (Å²) in [6.45, 7) is 0. The van der Waals surface area contributed by atoms with E-state index in [9.17, 15) is 12.7 Å².